The zero-order valence-electron chi connectivity index (χ0n) is 19.8. The smallest absolute Gasteiger partial charge is 0.255 e. The van der Waals surface area contributed by atoms with Gasteiger partial charge in [0.1, 0.15) is 18.5 Å². The minimum absolute atomic E-state index is 0.150. The highest BCUT2D eigenvalue weighted by Gasteiger charge is 2.13. The molecule has 1 atom stereocenters. The lowest BCUT2D eigenvalue weighted by atomic mass is 10.0. The van der Waals surface area contributed by atoms with Gasteiger partial charge in [-0.05, 0) is 66.1 Å². The quantitative estimate of drug-likeness (QED) is 0.257. The van der Waals surface area contributed by atoms with E-state index < -0.39 is 6.17 Å². The molecule has 0 spiro atoms. The van der Waals surface area contributed by atoms with E-state index in [4.69, 9.17) is 4.74 Å². The molecule has 1 unspecified atom stereocenters. The van der Waals surface area contributed by atoms with Crippen molar-refractivity contribution in [2.45, 2.75) is 32.9 Å². The highest BCUT2D eigenvalue weighted by atomic mass is 79.9. The van der Waals surface area contributed by atoms with Crippen LogP contribution in [0.3, 0.4) is 0 Å². The molecule has 2 N–H and O–H groups in total. The Morgan fingerprint density at radius 2 is 1.71 bits per heavy atom. The number of alkyl halides is 1. The van der Waals surface area contributed by atoms with E-state index in [2.05, 4.69) is 21.2 Å². The Bertz CT molecular complexity index is 1180. The molecule has 1 amide bonds. The first kappa shape index (κ1) is 26.2. The Hall–Kier alpha value is -3.38. The van der Waals surface area contributed by atoms with E-state index in [-0.39, 0.29) is 18.3 Å². The summed E-state index contributed by atoms with van der Waals surface area (Å²) in [5.41, 5.74) is 3.75. The first-order chi connectivity index (χ1) is 16.9. The maximum atomic E-state index is 14.3. The second-order valence-electron chi connectivity index (χ2n) is 7.95. The lowest BCUT2D eigenvalue weighted by molar-refractivity contribution is 0.0964. The first-order valence-corrected chi connectivity index (χ1v) is 12.3. The third-order valence-electron chi connectivity index (χ3n) is 5.47. The lowest BCUT2D eigenvalue weighted by Crippen LogP contribution is -2.22. The molecular weight excluding hydrogens is 509 g/mol. The number of allylic oxidation sites excluding steroid dienone is 9. The number of ether oxygens (including phenoxy) is 1. The fourth-order valence-electron chi connectivity index (χ4n) is 3.36. The maximum Gasteiger partial charge on any atom is 0.255 e. The monoisotopic (exact) mass is 537 g/mol. The SMILES string of the molecule is CC/C(=C\C=C(/CC)OCC1=CC=CC(Br)=CC1F)NC(=O)c1ccc(-c2ccc(O)cc2)cc1. The van der Waals surface area contributed by atoms with Crippen molar-refractivity contribution in [2.75, 3.05) is 6.61 Å². The second kappa shape index (κ2) is 12.9. The van der Waals surface area contributed by atoms with Crippen LogP contribution >= 0.6 is 15.9 Å². The van der Waals surface area contributed by atoms with Gasteiger partial charge in [-0.2, -0.15) is 0 Å². The van der Waals surface area contributed by atoms with Crippen molar-refractivity contribution >= 4 is 21.8 Å². The van der Waals surface area contributed by atoms with E-state index in [0.29, 0.717) is 34.2 Å². The molecule has 2 aromatic rings. The van der Waals surface area contributed by atoms with Gasteiger partial charge in [-0.25, -0.2) is 4.39 Å². The van der Waals surface area contributed by atoms with Crippen LogP contribution in [-0.4, -0.2) is 23.8 Å². The zero-order valence-corrected chi connectivity index (χ0v) is 21.4. The average molecular weight is 538 g/mol. The molecule has 0 saturated heterocycles. The number of rotatable bonds is 9. The lowest BCUT2D eigenvalue weighted by Gasteiger charge is -2.13. The Balaban J connectivity index is 1.62. The fourth-order valence-corrected chi connectivity index (χ4v) is 3.74. The summed E-state index contributed by atoms with van der Waals surface area (Å²) >= 11 is 3.30. The highest BCUT2D eigenvalue weighted by molar-refractivity contribution is 9.11. The predicted octanol–water partition coefficient (Wildman–Crippen LogP) is 7.51. The zero-order chi connectivity index (χ0) is 25.2. The van der Waals surface area contributed by atoms with E-state index >= 15 is 0 Å². The van der Waals surface area contributed by atoms with Crippen molar-refractivity contribution in [3.8, 4) is 16.9 Å². The van der Waals surface area contributed by atoms with Gasteiger partial charge in [-0.1, -0.05) is 66.2 Å². The van der Waals surface area contributed by atoms with Gasteiger partial charge in [0, 0.05) is 27.7 Å². The third kappa shape index (κ3) is 7.82. The number of carbonyl (C=O) groups is 1. The van der Waals surface area contributed by atoms with Crippen LogP contribution in [0.15, 0.2) is 106 Å². The van der Waals surface area contributed by atoms with Crippen LogP contribution in [0.2, 0.25) is 0 Å². The minimum Gasteiger partial charge on any atom is -0.508 e. The normalized spacial score (nSPS) is 16.3. The van der Waals surface area contributed by atoms with Crippen LogP contribution in [0.4, 0.5) is 4.39 Å². The molecule has 0 aliphatic heterocycles. The summed E-state index contributed by atoms with van der Waals surface area (Å²) in [5.74, 6) is 0.716. The number of amides is 1. The van der Waals surface area contributed by atoms with Gasteiger partial charge in [0.25, 0.3) is 5.91 Å². The number of benzene rings is 2. The Morgan fingerprint density at radius 3 is 2.34 bits per heavy atom. The molecule has 182 valence electrons. The maximum absolute atomic E-state index is 14.3. The van der Waals surface area contributed by atoms with Crippen molar-refractivity contribution in [1.82, 2.24) is 5.32 Å². The molecule has 0 saturated carbocycles. The largest absolute Gasteiger partial charge is 0.508 e. The van der Waals surface area contributed by atoms with E-state index in [1.165, 1.54) is 6.08 Å². The fraction of sp³-hybridized carbons (Fsp3) is 0.207. The number of hydrogen-bond acceptors (Lipinski definition) is 3. The summed E-state index contributed by atoms with van der Waals surface area (Å²) < 4.78 is 20.9. The average Bonchev–Trinajstić information content (AvgIpc) is 3.03. The molecule has 0 bridgehead atoms. The molecule has 1 aliphatic carbocycles. The van der Waals surface area contributed by atoms with Crippen LogP contribution < -0.4 is 5.32 Å². The summed E-state index contributed by atoms with van der Waals surface area (Å²) in [6.45, 7) is 4.07. The predicted molar refractivity (Wildman–Crippen MR) is 143 cm³/mol. The molecule has 0 aromatic heterocycles. The van der Waals surface area contributed by atoms with Gasteiger partial charge < -0.3 is 15.2 Å². The van der Waals surface area contributed by atoms with Crippen molar-refractivity contribution in [3.05, 3.63) is 112 Å². The number of aromatic hydroxyl groups is 1. The molecule has 1 aliphatic rings. The van der Waals surface area contributed by atoms with Gasteiger partial charge in [-0.3, -0.25) is 4.79 Å². The molecule has 2 aromatic carbocycles. The molecule has 35 heavy (non-hydrogen) atoms. The number of halogens is 2. The Morgan fingerprint density at radius 1 is 1.06 bits per heavy atom. The topological polar surface area (TPSA) is 58.6 Å². The molecule has 0 radical (unpaired) electrons. The van der Waals surface area contributed by atoms with Gasteiger partial charge in [-0.15, -0.1) is 0 Å². The third-order valence-corrected chi connectivity index (χ3v) is 6.00. The van der Waals surface area contributed by atoms with Crippen LogP contribution in [0.5, 0.6) is 5.75 Å². The summed E-state index contributed by atoms with van der Waals surface area (Å²) in [5, 5.41) is 12.4. The molecule has 6 heteroatoms. The highest BCUT2D eigenvalue weighted by Crippen LogP contribution is 2.23. The molecular formula is C29H29BrFNO3. The number of phenolic OH excluding ortho intramolecular Hbond substituents is 1. The van der Waals surface area contributed by atoms with Crippen molar-refractivity contribution in [2.24, 2.45) is 0 Å². The Labute approximate surface area is 214 Å². The number of nitrogens with one attached hydrogen (secondary N) is 1. The summed E-state index contributed by atoms with van der Waals surface area (Å²) in [6, 6.07) is 14.2. The minimum atomic E-state index is -1.21. The van der Waals surface area contributed by atoms with E-state index in [1.54, 1.807) is 42.5 Å². The molecule has 0 fully saturated rings. The van der Waals surface area contributed by atoms with Gasteiger partial charge in [0.2, 0.25) is 0 Å². The van der Waals surface area contributed by atoms with Crippen molar-refractivity contribution in [3.63, 3.8) is 0 Å². The first-order valence-electron chi connectivity index (χ1n) is 11.5. The standard InChI is InChI=1S/C29H29BrFNO3/c1-3-25(14-17-27(4-2)35-19-23-6-5-7-24(30)18-28(23)31)32-29(34)22-10-8-20(9-11-22)21-12-15-26(33)16-13-21/h5-18,28,33H,3-4,19H2,1-2H3,(H,32,34)/b25-14+,27-17+. The van der Waals surface area contributed by atoms with Crippen LogP contribution in [0, 0.1) is 0 Å². The number of carbonyl (C=O) groups excluding carboxylic acids is 1. The van der Waals surface area contributed by atoms with Crippen LogP contribution in [0.25, 0.3) is 11.1 Å². The summed E-state index contributed by atoms with van der Waals surface area (Å²) in [6.07, 6.45) is 10.5. The second-order valence-corrected chi connectivity index (χ2v) is 8.87. The molecule has 0 heterocycles. The van der Waals surface area contributed by atoms with Gasteiger partial charge in [0.15, 0.2) is 0 Å². The molecule has 3 rings (SSSR count). The van der Waals surface area contributed by atoms with Gasteiger partial charge >= 0.3 is 0 Å². The van der Waals surface area contributed by atoms with E-state index in [9.17, 15) is 14.3 Å². The van der Waals surface area contributed by atoms with E-state index in [1.807, 2.05) is 50.3 Å². The summed E-state index contributed by atoms with van der Waals surface area (Å²) in [4.78, 5) is 12.7. The summed E-state index contributed by atoms with van der Waals surface area (Å²) in [7, 11) is 0. The van der Waals surface area contributed by atoms with E-state index in [0.717, 1.165) is 16.8 Å². The number of hydrogen-bond donors (Lipinski definition) is 2. The Kier molecular flexibility index (Phi) is 9.67. The van der Waals surface area contributed by atoms with Crippen LogP contribution in [0.1, 0.15) is 37.0 Å². The van der Waals surface area contributed by atoms with Crippen molar-refractivity contribution < 1.29 is 19.0 Å². The van der Waals surface area contributed by atoms with Crippen LogP contribution in [-0.2, 0) is 4.74 Å². The van der Waals surface area contributed by atoms with Gasteiger partial charge in [0.05, 0.1) is 5.76 Å². The number of phenols is 1. The molecule has 4 nitrogen and oxygen atoms in total. The van der Waals surface area contributed by atoms with Crippen molar-refractivity contribution in [1.29, 1.82) is 0 Å².